The summed E-state index contributed by atoms with van der Waals surface area (Å²) in [6.45, 7) is 6.44. The predicted octanol–water partition coefficient (Wildman–Crippen LogP) is 2.28. The van der Waals surface area contributed by atoms with Gasteiger partial charge in [-0.1, -0.05) is 6.07 Å². The van der Waals surface area contributed by atoms with Crippen molar-refractivity contribution in [3.8, 4) is 11.5 Å². The summed E-state index contributed by atoms with van der Waals surface area (Å²) in [6, 6.07) is 5.22. The lowest BCUT2D eigenvalue weighted by molar-refractivity contribution is -0.112. The van der Waals surface area contributed by atoms with Crippen molar-refractivity contribution in [2.75, 3.05) is 13.2 Å². The third-order valence-corrected chi connectivity index (χ3v) is 2.65. The number of aliphatic hydroxyl groups is 1. The maximum atomic E-state index is 10.6. The minimum absolute atomic E-state index is 0.0482. The highest BCUT2D eigenvalue weighted by atomic mass is 16.5. The van der Waals surface area contributed by atoms with Crippen LogP contribution in [0.15, 0.2) is 18.2 Å². The van der Waals surface area contributed by atoms with E-state index < -0.39 is 5.60 Å². The molecule has 1 atom stereocenters. The summed E-state index contributed by atoms with van der Waals surface area (Å²) in [6.07, 6.45) is 0.753. The van der Waals surface area contributed by atoms with Gasteiger partial charge in [0.25, 0.3) is 0 Å². The molecule has 0 amide bonds. The van der Waals surface area contributed by atoms with Gasteiger partial charge in [-0.15, -0.1) is 0 Å². The standard InChI is InChI=1S/C14H20O4/c1-4-17-12-7-6-11(10-13(12)18-5-2)14(3,16)8-9-15/h6-7,9-10,16H,4-5,8H2,1-3H3. The molecule has 0 saturated heterocycles. The smallest absolute Gasteiger partial charge is 0.161 e. The normalized spacial score (nSPS) is 13.8. The van der Waals surface area contributed by atoms with E-state index in [0.717, 1.165) is 0 Å². The molecule has 0 aliphatic carbocycles. The van der Waals surface area contributed by atoms with Gasteiger partial charge >= 0.3 is 0 Å². The first-order valence-electron chi connectivity index (χ1n) is 6.11. The minimum Gasteiger partial charge on any atom is -0.490 e. The van der Waals surface area contributed by atoms with Gasteiger partial charge in [-0.25, -0.2) is 0 Å². The molecule has 0 saturated carbocycles. The van der Waals surface area contributed by atoms with Gasteiger partial charge in [-0.05, 0) is 38.5 Å². The first kappa shape index (κ1) is 14.5. The largest absolute Gasteiger partial charge is 0.490 e. The zero-order valence-electron chi connectivity index (χ0n) is 11.1. The van der Waals surface area contributed by atoms with E-state index >= 15 is 0 Å². The van der Waals surface area contributed by atoms with Gasteiger partial charge in [-0.3, -0.25) is 0 Å². The minimum atomic E-state index is -1.18. The third-order valence-electron chi connectivity index (χ3n) is 2.65. The van der Waals surface area contributed by atoms with E-state index in [9.17, 15) is 9.90 Å². The summed E-state index contributed by atoms with van der Waals surface area (Å²) in [5.74, 6) is 1.23. The number of carbonyl (C=O) groups excluding carboxylic acids is 1. The van der Waals surface area contributed by atoms with Gasteiger partial charge < -0.3 is 19.4 Å². The second-order valence-corrected chi connectivity index (χ2v) is 4.17. The van der Waals surface area contributed by atoms with Crippen LogP contribution >= 0.6 is 0 Å². The summed E-state index contributed by atoms with van der Waals surface area (Å²) in [4.78, 5) is 10.6. The summed E-state index contributed by atoms with van der Waals surface area (Å²) >= 11 is 0. The Morgan fingerprint density at radius 1 is 1.22 bits per heavy atom. The van der Waals surface area contributed by atoms with Crippen LogP contribution < -0.4 is 9.47 Å². The molecule has 0 radical (unpaired) electrons. The average molecular weight is 252 g/mol. The van der Waals surface area contributed by atoms with E-state index in [0.29, 0.717) is 36.6 Å². The van der Waals surface area contributed by atoms with Crippen molar-refractivity contribution in [3.63, 3.8) is 0 Å². The van der Waals surface area contributed by atoms with E-state index in [2.05, 4.69) is 0 Å². The lowest BCUT2D eigenvalue weighted by Crippen LogP contribution is -2.21. The highest BCUT2D eigenvalue weighted by Gasteiger charge is 2.24. The van der Waals surface area contributed by atoms with Crippen molar-refractivity contribution in [1.82, 2.24) is 0 Å². The molecule has 0 heterocycles. The lowest BCUT2D eigenvalue weighted by Gasteiger charge is -2.22. The Balaban J connectivity index is 3.09. The molecule has 4 nitrogen and oxygen atoms in total. The van der Waals surface area contributed by atoms with Gasteiger partial charge in [0.1, 0.15) is 6.29 Å². The molecule has 1 aromatic rings. The van der Waals surface area contributed by atoms with Crippen LogP contribution in [0.25, 0.3) is 0 Å². The van der Waals surface area contributed by atoms with Crippen molar-refractivity contribution in [2.24, 2.45) is 0 Å². The van der Waals surface area contributed by atoms with Crippen molar-refractivity contribution in [3.05, 3.63) is 23.8 Å². The number of hydrogen-bond donors (Lipinski definition) is 1. The Morgan fingerprint density at radius 3 is 2.39 bits per heavy atom. The second kappa shape index (κ2) is 6.40. The van der Waals surface area contributed by atoms with Crippen LogP contribution in [-0.2, 0) is 10.4 Å². The number of rotatable bonds is 7. The maximum Gasteiger partial charge on any atom is 0.161 e. The zero-order chi connectivity index (χ0) is 13.6. The zero-order valence-corrected chi connectivity index (χ0v) is 11.1. The number of aldehydes is 1. The number of carbonyl (C=O) groups is 1. The summed E-state index contributed by atoms with van der Waals surface area (Å²) < 4.78 is 10.9. The number of hydrogen-bond acceptors (Lipinski definition) is 4. The topological polar surface area (TPSA) is 55.8 Å². The fraction of sp³-hybridized carbons (Fsp3) is 0.500. The molecule has 0 bridgehead atoms. The highest BCUT2D eigenvalue weighted by molar-refractivity contribution is 5.53. The summed E-state index contributed by atoms with van der Waals surface area (Å²) in [5, 5.41) is 10.2. The van der Waals surface area contributed by atoms with Crippen LogP contribution in [0.1, 0.15) is 32.8 Å². The van der Waals surface area contributed by atoms with Crippen LogP contribution in [0.5, 0.6) is 11.5 Å². The first-order valence-corrected chi connectivity index (χ1v) is 6.11. The van der Waals surface area contributed by atoms with E-state index in [4.69, 9.17) is 9.47 Å². The average Bonchev–Trinajstić information content (AvgIpc) is 2.31. The number of ether oxygens (including phenoxy) is 2. The first-order chi connectivity index (χ1) is 8.55. The van der Waals surface area contributed by atoms with E-state index in [1.54, 1.807) is 25.1 Å². The molecule has 1 aromatic carbocycles. The van der Waals surface area contributed by atoms with Gasteiger partial charge in [0, 0.05) is 6.42 Å². The van der Waals surface area contributed by atoms with Crippen LogP contribution in [0.4, 0.5) is 0 Å². The SMILES string of the molecule is CCOc1ccc(C(C)(O)CC=O)cc1OCC. The van der Waals surface area contributed by atoms with E-state index in [1.165, 1.54) is 0 Å². The Bertz CT molecular complexity index is 399. The fourth-order valence-corrected chi connectivity index (χ4v) is 1.67. The second-order valence-electron chi connectivity index (χ2n) is 4.17. The maximum absolute atomic E-state index is 10.6. The number of benzene rings is 1. The van der Waals surface area contributed by atoms with Gasteiger partial charge in [-0.2, -0.15) is 0 Å². The molecule has 0 aliphatic rings. The molecule has 0 fully saturated rings. The van der Waals surface area contributed by atoms with Gasteiger partial charge in [0.15, 0.2) is 11.5 Å². The van der Waals surface area contributed by atoms with Crippen molar-refractivity contribution in [2.45, 2.75) is 32.8 Å². The molecular formula is C14H20O4. The van der Waals surface area contributed by atoms with Crippen molar-refractivity contribution < 1.29 is 19.4 Å². The quantitative estimate of drug-likeness (QED) is 0.756. The molecule has 100 valence electrons. The van der Waals surface area contributed by atoms with Crippen LogP contribution in [0.2, 0.25) is 0 Å². The Labute approximate surface area is 108 Å². The molecule has 0 spiro atoms. The Morgan fingerprint density at radius 2 is 1.83 bits per heavy atom. The van der Waals surface area contributed by atoms with E-state index in [-0.39, 0.29) is 6.42 Å². The van der Waals surface area contributed by atoms with Gasteiger partial charge in [0.05, 0.1) is 18.8 Å². The molecule has 1 unspecified atom stereocenters. The molecule has 1 rings (SSSR count). The molecule has 0 aliphatic heterocycles. The molecule has 1 N–H and O–H groups in total. The third kappa shape index (κ3) is 3.47. The van der Waals surface area contributed by atoms with Crippen LogP contribution in [-0.4, -0.2) is 24.6 Å². The van der Waals surface area contributed by atoms with Crippen LogP contribution in [0, 0.1) is 0 Å². The molecule has 18 heavy (non-hydrogen) atoms. The molecule has 0 aromatic heterocycles. The lowest BCUT2D eigenvalue weighted by atomic mass is 9.93. The molecule has 4 heteroatoms. The van der Waals surface area contributed by atoms with Crippen molar-refractivity contribution >= 4 is 6.29 Å². The molecular weight excluding hydrogens is 232 g/mol. The Hall–Kier alpha value is -1.55. The summed E-state index contributed by atoms with van der Waals surface area (Å²) in [5.41, 5.74) is -0.542. The van der Waals surface area contributed by atoms with Crippen molar-refractivity contribution in [1.29, 1.82) is 0 Å². The summed E-state index contributed by atoms with van der Waals surface area (Å²) in [7, 11) is 0. The Kier molecular flexibility index (Phi) is 5.16. The van der Waals surface area contributed by atoms with Gasteiger partial charge in [0.2, 0.25) is 0 Å². The highest BCUT2D eigenvalue weighted by Crippen LogP contribution is 2.33. The van der Waals surface area contributed by atoms with E-state index in [1.807, 2.05) is 13.8 Å². The fourth-order valence-electron chi connectivity index (χ4n) is 1.67. The predicted molar refractivity (Wildman–Crippen MR) is 69.0 cm³/mol. The van der Waals surface area contributed by atoms with Crippen LogP contribution in [0.3, 0.4) is 0 Å². The monoisotopic (exact) mass is 252 g/mol.